The first-order chi connectivity index (χ1) is 15.5. The van der Waals surface area contributed by atoms with Gasteiger partial charge in [-0.05, 0) is 24.3 Å². The molecule has 0 bridgehead atoms. The summed E-state index contributed by atoms with van der Waals surface area (Å²) < 4.78 is 20.0. The van der Waals surface area contributed by atoms with Gasteiger partial charge < -0.3 is 14.7 Å². The summed E-state index contributed by atoms with van der Waals surface area (Å²) in [6.45, 7) is 0.190. The number of carboxylic acids is 1. The van der Waals surface area contributed by atoms with Gasteiger partial charge in [0, 0.05) is 37.3 Å². The highest BCUT2D eigenvalue weighted by Crippen LogP contribution is 2.34. The van der Waals surface area contributed by atoms with Gasteiger partial charge in [0.05, 0.1) is 19.0 Å². The average Bonchev–Trinajstić information content (AvgIpc) is 2.81. The Morgan fingerprint density at radius 1 is 1.03 bits per heavy atom. The van der Waals surface area contributed by atoms with Gasteiger partial charge in [-0.1, -0.05) is 36.4 Å². The number of benzene rings is 2. The molecule has 3 aromatic rings. The van der Waals surface area contributed by atoms with E-state index in [4.69, 9.17) is 14.8 Å². The van der Waals surface area contributed by atoms with E-state index >= 15 is 0 Å². The molecule has 8 heteroatoms. The van der Waals surface area contributed by atoms with E-state index < -0.39 is 18.2 Å². The molecule has 1 N–H and O–H groups in total. The third-order valence-corrected chi connectivity index (χ3v) is 5.44. The molecule has 1 aromatic heterocycles. The average molecular weight is 436 g/mol. The van der Waals surface area contributed by atoms with Crippen molar-refractivity contribution in [3.05, 3.63) is 73.1 Å². The van der Waals surface area contributed by atoms with Crippen molar-refractivity contribution in [1.29, 1.82) is 0 Å². The number of nitrogens with zero attached hydrogens (tertiary/aromatic N) is 4. The summed E-state index contributed by atoms with van der Waals surface area (Å²) in [7, 11) is 0. The van der Waals surface area contributed by atoms with Crippen LogP contribution >= 0.6 is 0 Å². The molecular weight excluding hydrogens is 411 g/mol. The summed E-state index contributed by atoms with van der Waals surface area (Å²) in [6.07, 6.45) is 3.87. The predicted molar refractivity (Wildman–Crippen MR) is 120 cm³/mol. The Morgan fingerprint density at radius 2 is 1.62 bits per heavy atom. The van der Waals surface area contributed by atoms with Gasteiger partial charge in [0.15, 0.2) is 5.82 Å². The smallest absolute Gasteiger partial charge is 0.329 e. The standard InChI is InChI=1S/C24H25FN4O3/c25-24(18-32-17-23(30)31)11-13-28(14-12-24)21-15-26-16-22(27-21)29(19-7-3-1-4-8-19)20-9-5-2-6-10-20/h1-10,15-16H,11-14,17-18H2,(H,30,31). The molecule has 32 heavy (non-hydrogen) atoms. The number of piperidine rings is 1. The number of carboxylic acid groups (broad SMARTS) is 1. The second kappa shape index (κ2) is 9.74. The lowest BCUT2D eigenvalue weighted by atomic mass is 9.94. The number of para-hydroxylation sites is 2. The van der Waals surface area contributed by atoms with E-state index in [1.807, 2.05) is 70.5 Å². The number of rotatable bonds is 8. The van der Waals surface area contributed by atoms with Gasteiger partial charge in [-0.3, -0.25) is 9.88 Å². The van der Waals surface area contributed by atoms with Crippen molar-refractivity contribution in [2.45, 2.75) is 18.5 Å². The van der Waals surface area contributed by atoms with Gasteiger partial charge in [0.1, 0.15) is 18.1 Å². The molecule has 0 spiro atoms. The molecule has 1 aliphatic rings. The molecule has 166 valence electrons. The molecule has 0 aliphatic carbocycles. The van der Waals surface area contributed by atoms with Crippen molar-refractivity contribution in [3.8, 4) is 0 Å². The molecule has 1 fully saturated rings. The molecule has 1 aliphatic heterocycles. The van der Waals surface area contributed by atoms with Crippen molar-refractivity contribution in [2.75, 3.05) is 36.1 Å². The van der Waals surface area contributed by atoms with Gasteiger partial charge in [-0.2, -0.15) is 0 Å². The minimum Gasteiger partial charge on any atom is -0.480 e. The Kier molecular flexibility index (Phi) is 6.61. The topological polar surface area (TPSA) is 78.8 Å². The van der Waals surface area contributed by atoms with Crippen molar-refractivity contribution in [1.82, 2.24) is 9.97 Å². The van der Waals surface area contributed by atoms with Crippen molar-refractivity contribution < 1.29 is 19.0 Å². The number of ether oxygens (including phenoxy) is 1. The maximum Gasteiger partial charge on any atom is 0.329 e. The maximum absolute atomic E-state index is 15.0. The second-order valence-electron chi connectivity index (χ2n) is 7.77. The van der Waals surface area contributed by atoms with Crippen LogP contribution in [0.25, 0.3) is 0 Å². The van der Waals surface area contributed by atoms with Crippen molar-refractivity contribution in [3.63, 3.8) is 0 Å². The fraction of sp³-hybridized carbons (Fsp3) is 0.292. The second-order valence-corrected chi connectivity index (χ2v) is 7.77. The lowest BCUT2D eigenvalue weighted by Gasteiger charge is -2.36. The third-order valence-electron chi connectivity index (χ3n) is 5.44. The van der Waals surface area contributed by atoms with Crippen LogP contribution in [0.3, 0.4) is 0 Å². The number of halogens is 1. The Bertz CT molecular complexity index is 988. The van der Waals surface area contributed by atoms with E-state index in [2.05, 4.69) is 4.98 Å². The monoisotopic (exact) mass is 436 g/mol. The molecule has 1 saturated heterocycles. The highest BCUT2D eigenvalue weighted by molar-refractivity contribution is 5.74. The Labute approximate surface area is 186 Å². The van der Waals surface area contributed by atoms with E-state index in [1.165, 1.54) is 0 Å². The lowest BCUT2D eigenvalue weighted by Crippen LogP contribution is -2.45. The van der Waals surface area contributed by atoms with Crippen LogP contribution in [-0.4, -0.2) is 53.0 Å². The fourth-order valence-electron chi connectivity index (χ4n) is 3.78. The van der Waals surface area contributed by atoms with Gasteiger partial charge in [0.2, 0.25) is 0 Å². The Balaban J connectivity index is 1.52. The summed E-state index contributed by atoms with van der Waals surface area (Å²) in [4.78, 5) is 23.9. The van der Waals surface area contributed by atoms with Crippen LogP contribution in [0, 0.1) is 0 Å². The van der Waals surface area contributed by atoms with Crippen LogP contribution in [0.15, 0.2) is 73.1 Å². The third kappa shape index (κ3) is 5.20. The van der Waals surface area contributed by atoms with Crippen LogP contribution in [0.4, 0.5) is 27.4 Å². The first-order valence-electron chi connectivity index (χ1n) is 10.5. The summed E-state index contributed by atoms with van der Waals surface area (Å²) in [6, 6.07) is 19.9. The molecule has 7 nitrogen and oxygen atoms in total. The molecule has 0 saturated carbocycles. The first-order valence-corrected chi connectivity index (χ1v) is 10.5. The van der Waals surface area contributed by atoms with Crippen LogP contribution in [-0.2, 0) is 9.53 Å². The number of aromatic nitrogens is 2. The maximum atomic E-state index is 15.0. The molecule has 0 radical (unpaired) electrons. The van der Waals surface area contributed by atoms with E-state index in [1.54, 1.807) is 12.4 Å². The SMILES string of the molecule is O=C(O)COCC1(F)CCN(c2cncc(N(c3ccccc3)c3ccccc3)n2)CC1. The summed E-state index contributed by atoms with van der Waals surface area (Å²) in [5.41, 5.74) is 0.390. The van der Waals surface area contributed by atoms with Gasteiger partial charge in [-0.15, -0.1) is 0 Å². The van der Waals surface area contributed by atoms with Crippen LogP contribution in [0.1, 0.15) is 12.8 Å². The van der Waals surface area contributed by atoms with Crippen molar-refractivity contribution in [2.24, 2.45) is 0 Å². The minimum absolute atomic E-state index is 0.214. The molecule has 0 unspecified atom stereocenters. The first kappa shape index (κ1) is 21.7. The molecule has 2 aromatic carbocycles. The number of alkyl halides is 1. The summed E-state index contributed by atoms with van der Waals surface area (Å²) in [5, 5.41) is 8.68. The quantitative estimate of drug-likeness (QED) is 0.562. The zero-order valence-corrected chi connectivity index (χ0v) is 17.6. The molecular formula is C24H25FN4O3. The summed E-state index contributed by atoms with van der Waals surface area (Å²) in [5.74, 6) is 0.245. The minimum atomic E-state index is -1.53. The zero-order valence-electron chi connectivity index (χ0n) is 17.6. The van der Waals surface area contributed by atoms with Crippen LogP contribution in [0.2, 0.25) is 0 Å². The highest BCUT2D eigenvalue weighted by atomic mass is 19.1. The largest absolute Gasteiger partial charge is 0.480 e. The normalized spacial score (nSPS) is 15.3. The molecule has 0 atom stereocenters. The zero-order chi connectivity index (χ0) is 22.4. The molecule has 4 rings (SSSR count). The van der Waals surface area contributed by atoms with Gasteiger partial charge in [-0.25, -0.2) is 14.2 Å². The Hall–Kier alpha value is -3.52. The van der Waals surface area contributed by atoms with Gasteiger partial charge in [0.25, 0.3) is 0 Å². The van der Waals surface area contributed by atoms with E-state index in [0.717, 1.165) is 11.4 Å². The highest BCUT2D eigenvalue weighted by Gasteiger charge is 2.35. The van der Waals surface area contributed by atoms with E-state index in [9.17, 15) is 9.18 Å². The van der Waals surface area contributed by atoms with Crippen LogP contribution < -0.4 is 9.80 Å². The van der Waals surface area contributed by atoms with Crippen molar-refractivity contribution >= 4 is 29.0 Å². The number of hydrogen-bond donors (Lipinski definition) is 1. The predicted octanol–water partition coefficient (Wildman–Crippen LogP) is 4.36. The van der Waals surface area contributed by atoms with Crippen LogP contribution in [0.5, 0.6) is 0 Å². The van der Waals surface area contributed by atoms with Gasteiger partial charge >= 0.3 is 5.97 Å². The van der Waals surface area contributed by atoms with E-state index in [0.29, 0.717) is 24.7 Å². The molecule has 0 amide bonds. The number of hydrogen-bond acceptors (Lipinski definition) is 6. The fourth-order valence-corrected chi connectivity index (χ4v) is 3.78. The Morgan fingerprint density at radius 3 is 2.19 bits per heavy atom. The number of carbonyl (C=O) groups is 1. The molecule has 2 heterocycles. The van der Waals surface area contributed by atoms with E-state index in [-0.39, 0.29) is 19.4 Å². The summed E-state index contributed by atoms with van der Waals surface area (Å²) >= 11 is 0. The lowest BCUT2D eigenvalue weighted by molar-refractivity contribution is -0.144. The number of aliphatic carboxylic acids is 1. The number of anilines is 4.